The molecule has 19 heavy (non-hydrogen) atoms. The highest BCUT2D eigenvalue weighted by atomic mass is 127. The van der Waals surface area contributed by atoms with Crippen LogP contribution in [0.15, 0.2) is 46.9 Å². The quantitative estimate of drug-likeness (QED) is 0.679. The molecule has 5 heteroatoms. The Morgan fingerprint density at radius 3 is 2.74 bits per heavy atom. The minimum Gasteiger partial charge on any atom is -0.348 e. The number of halogens is 3. The fourth-order valence-electron chi connectivity index (χ4n) is 1.57. The molecule has 0 radical (unpaired) electrons. The minimum absolute atomic E-state index is 0.127. The van der Waals surface area contributed by atoms with E-state index in [0.29, 0.717) is 17.1 Å². The first-order valence-corrected chi connectivity index (χ1v) is 7.79. The maximum Gasteiger partial charge on any atom is 0.251 e. The Labute approximate surface area is 138 Å². The summed E-state index contributed by atoms with van der Waals surface area (Å²) in [6.45, 7) is 0.488. The van der Waals surface area contributed by atoms with Gasteiger partial charge >= 0.3 is 0 Å². The van der Waals surface area contributed by atoms with Gasteiger partial charge in [-0.1, -0.05) is 39.7 Å². The molecule has 0 aliphatic heterocycles. The van der Waals surface area contributed by atoms with Crippen LogP contribution in [0.25, 0.3) is 0 Å². The minimum atomic E-state index is -0.127. The Morgan fingerprint density at radius 1 is 1.26 bits per heavy atom. The zero-order valence-electron chi connectivity index (χ0n) is 9.79. The fraction of sp³-hybridized carbons (Fsp3) is 0.0714. The molecule has 0 saturated carbocycles. The van der Waals surface area contributed by atoms with E-state index in [-0.39, 0.29) is 5.91 Å². The lowest BCUT2D eigenvalue weighted by Crippen LogP contribution is -2.22. The van der Waals surface area contributed by atoms with Crippen LogP contribution in [0.4, 0.5) is 0 Å². The van der Waals surface area contributed by atoms with E-state index in [2.05, 4.69) is 43.8 Å². The van der Waals surface area contributed by atoms with Crippen molar-refractivity contribution in [3.05, 3.63) is 66.7 Å². The second-order valence-electron chi connectivity index (χ2n) is 3.94. The molecule has 2 rings (SSSR count). The van der Waals surface area contributed by atoms with Gasteiger partial charge < -0.3 is 5.32 Å². The zero-order valence-corrected chi connectivity index (χ0v) is 14.3. The highest BCUT2D eigenvalue weighted by Crippen LogP contribution is 2.19. The van der Waals surface area contributed by atoms with Crippen LogP contribution < -0.4 is 5.32 Å². The Kier molecular flexibility index (Phi) is 5.24. The summed E-state index contributed by atoms with van der Waals surface area (Å²) in [5.41, 5.74) is 1.61. The van der Waals surface area contributed by atoms with Crippen molar-refractivity contribution in [3.8, 4) is 0 Å². The van der Waals surface area contributed by atoms with E-state index in [0.717, 1.165) is 13.6 Å². The molecule has 0 bridgehead atoms. The van der Waals surface area contributed by atoms with Gasteiger partial charge in [0.15, 0.2) is 0 Å². The number of benzene rings is 2. The molecule has 0 unspecified atom stereocenters. The van der Waals surface area contributed by atoms with Crippen molar-refractivity contribution in [1.29, 1.82) is 0 Å². The third-order valence-corrected chi connectivity index (χ3v) is 4.59. The van der Waals surface area contributed by atoms with Crippen LogP contribution >= 0.6 is 50.1 Å². The molecule has 2 aromatic rings. The molecule has 0 saturated heterocycles. The molecule has 98 valence electrons. The molecule has 0 fully saturated rings. The van der Waals surface area contributed by atoms with Crippen molar-refractivity contribution >= 4 is 56.0 Å². The molecule has 1 N–H and O–H groups in total. The van der Waals surface area contributed by atoms with Gasteiger partial charge in [-0.2, -0.15) is 0 Å². The highest BCUT2D eigenvalue weighted by Gasteiger charge is 2.07. The molecule has 0 spiro atoms. The van der Waals surface area contributed by atoms with Crippen LogP contribution in [0, 0.1) is 3.57 Å². The molecule has 2 nitrogen and oxygen atoms in total. The highest BCUT2D eigenvalue weighted by molar-refractivity contribution is 14.1. The summed E-state index contributed by atoms with van der Waals surface area (Å²) in [7, 11) is 0. The maximum absolute atomic E-state index is 12.0. The first-order chi connectivity index (χ1) is 9.06. The third kappa shape index (κ3) is 4.19. The maximum atomic E-state index is 12.0. The predicted molar refractivity (Wildman–Crippen MR) is 89.5 cm³/mol. The smallest absolute Gasteiger partial charge is 0.251 e. The molecule has 0 atom stereocenters. The monoisotopic (exact) mass is 449 g/mol. The lowest BCUT2D eigenvalue weighted by molar-refractivity contribution is 0.0951. The van der Waals surface area contributed by atoms with Crippen molar-refractivity contribution in [1.82, 2.24) is 5.32 Å². The van der Waals surface area contributed by atoms with E-state index < -0.39 is 0 Å². The Hall–Kier alpha value is -0.590. The second kappa shape index (κ2) is 6.72. The molecule has 0 heterocycles. The Bertz CT molecular complexity index is 618. The SMILES string of the molecule is O=C(NCc1cccc(Br)c1)c1ccc(I)c(Cl)c1. The summed E-state index contributed by atoms with van der Waals surface area (Å²) in [6.07, 6.45) is 0. The van der Waals surface area contributed by atoms with Gasteiger partial charge in [0, 0.05) is 20.2 Å². The number of carbonyl (C=O) groups is 1. The predicted octanol–water partition coefficient (Wildman–Crippen LogP) is 4.64. The third-order valence-electron chi connectivity index (χ3n) is 2.52. The van der Waals surface area contributed by atoms with Gasteiger partial charge in [-0.25, -0.2) is 0 Å². The summed E-state index contributed by atoms with van der Waals surface area (Å²) in [5.74, 6) is -0.127. The molecule has 1 amide bonds. The summed E-state index contributed by atoms with van der Waals surface area (Å²) in [5, 5.41) is 3.46. The molecule has 2 aromatic carbocycles. The second-order valence-corrected chi connectivity index (χ2v) is 6.43. The summed E-state index contributed by atoms with van der Waals surface area (Å²) < 4.78 is 1.93. The van der Waals surface area contributed by atoms with Crippen LogP contribution in [-0.4, -0.2) is 5.91 Å². The van der Waals surface area contributed by atoms with Crippen LogP contribution in [0.5, 0.6) is 0 Å². The van der Waals surface area contributed by atoms with Gasteiger partial charge in [-0.15, -0.1) is 0 Å². The van der Waals surface area contributed by atoms with Crippen molar-refractivity contribution in [3.63, 3.8) is 0 Å². The average molecular weight is 451 g/mol. The van der Waals surface area contributed by atoms with E-state index in [1.807, 2.05) is 30.3 Å². The molecule has 0 aliphatic carbocycles. The fourth-order valence-corrected chi connectivity index (χ4v) is 2.53. The van der Waals surface area contributed by atoms with Crippen LogP contribution in [0.2, 0.25) is 5.02 Å². The lowest BCUT2D eigenvalue weighted by atomic mass is 10.2. The van der Waals surface area contributed by atoms with Crippen molar-refractivity contribution in [2.45, 2.75) is 6.54 Å². The normalized spacial score (nSPS) is 10.3. The van der Waals surface area contributed by atoms with E-state index in [4.69, 9.17) is 11.6 Å². The summed E-state index contributed by atoms with van der Waals surface area (Å²) in [6, 6.07) is 13.1. The zero-order chi connectivity index (χ0) is 13.8. The topological polar surface area (TPSA) is 29.1 Å². The number of amides is 1. The van der Waals surface area contributed by atoms with Crippen molar-refractivity contribution in [2.24, 2.45) is 0 Å². The van der Waals surface area contributed by atoms with Gasteiger partial charge in [-0.3, -0.25) is 4.79 Å². The van der Waals surface area contributed by atoms with Gasteiger partial charge in [0.05, 0.1) is 5.02 Å². The van der Waals surface area contributed by atoms with Crippen molar-refractivity contribution in [2.75, 3.05) is 0 Å². The summed E-state index contributed by atoms with van der Waals surface area (Å²) >= 11 is 11.5. The standard InChI is InChI=1S/C14H10BrClINO/c15-11-3-1-2-9(6-11)8-18-14(19)10-4-5-13(17)12(16)7-10/h1-7H,8H2,(H,18,19). The number of hydrogen-bond acceptors (Lipinski definition) is 1. The Morgan fingerprint density at radius 2 is 2.05 bits per heavy atom. The van der Waals surface area contributed by atoms with Crippen LogP contribution in [-0.2, 0) is 6.54 Å². The first kappa shape index (κ1) is 14.8. The molecule has 0 aromatic heterocycles. The van der Waals surface area contributed by atoms with Crippen LogP contribution in [0.1, 0.15) is 15.9 Å². The van der Waals surface area contributed by atoms with Crippen molar-refractivity contribution < 1.29 is 4.79 Å². The number of hydrogen-bond donors (Lipinski definition) is 1. The van der Waals surface area contributed by atoms with E-state index >= 15 is 0 Å². The lowest BCUT2D eigenvalue weighted by Gasteiger charge is -2.06. The molecule has 0 aliphatic rings. The van der Waals surface area contributed by atoms with Crippen LogP contribution in [0.3, 0.4) is 0 Å². The molecular weight excluding hydrogens is 440 g/mol. The number of rotatable bonds is 3. The van der Waals surface area contributed by atoms with Gasteiger partial charge in [0.25, 0.3) is 5.91 Å². The van der Waals surface area contributed by atoms with Gasteiger partial charge in [-0.05, 0) is 58.5 Å². The van der Waals surface area contributed by atoms with E-state index in [9.17, 15) is 4.79 Å². The first-order valence-electron chi connectivity index (χ1n) is 5.54. The molecular formula is C14H10BrClINO. The summed E-state index contributed by atoms with van der Waals surface area (Å²) in [4.78, 5) is 12.0. The number of carbonyl (C=O) groups excluding carboxylic acids is 1. The van der Waals surface area contributed by atoms with E-state index in [1.54, 1.807) is 12.1 Å². The Balaban J connectivity index is 2.03. The van der Waals surface area contributed by atoms with Gasteiger partial charge in [0.1, 0.15) is 0 Å². The van der Waals surface area contributed by atoms with Gasteiger partial charge in [0.2, 0.25) is 0 Å². The number of nitrogens with one attached hydrogen (secondary N) is 1. The average Bonchev–Trinajstić information content (AvgIpc) is 2.39. The largest absolute Gasteiger partial charge is 0.348 e. The van der Waals surface area contributed by atoms with E-state index in [1.165, 1.54) is 0 Å².